The Labute approximate surface area is 206 Å². The molecule has 0 spiro atoms. The molecule has 0 bridgehead atoms. The zero-order chi connectivity index (χ0) is 24.0. The molecule has 0 unspecified atom stereocenters. The first kappa shape index (κ1) is 22.8. The molecule has 34 heavy (non-hydrogen) atoms. The van der Waals surface area contributed by atoms with Gasteiger partial charge in [-0.15, -0.1) is 0 Å². The average Bonchev–Trinajstić information content (AvgIpc) is 3.39. The zero-order valence-corrected chi connectivity index (χ0v) is 20.7. The topological polar surface area (TPSA) is 80.3 Å². The molecule has 3 aromatic heterocycles. The van der Waals surface area contributed by atoms with E-state index in [1.165, 1.54) is 21.1 Å². The summed E-state index contributed by atoms with van der Waals surface area (Å²) in [7, 11) is 0. The maximum absolute atomic E-state index is 13.7. The fraction of sp³-hybridized carbons (Fsp3) is 0.333. The van der Waals surface area contributed by atoms with E-state index in [-0.39, 0.29) is 30.2 Å². The van der Waals surface area contributed by atoms with E-state index in [0.717, 1.165) is 5.56 Å². The van der Waals surface area contributed by atoms with E-state index < -0.39 is 0 Å². The van der Waals surface area contributed by atoms with Gasteiger partial charge >= 0.3 is 0 Å². The van der Waals surface area contributed by atoms with Gasteiger partial charge in [-0.3, -0.25) is 18.9 Å². The molecule has 2 atom stereocenters. The first-order chi connectivity index (χ1) is 16.3. The van der Waals surface area contributed by atoms with E-state index in [1.54, 1.807) is 30.7 Å². The van der Waals surface area contributed by atoms with Crippen LogP contribution in [0.4, 0.5) is 5.82 Å². The molecule has 5 heterocycles. The second kappa shape index (κ2) is 9.01. The maximum atomic E-state index is 13.7. The number of ether oxygens (including phenoxy) is 1. The molecule has 5 rings (SSSR count). The van der Waals surface area contributed by atoms with E-state index >= 15 is 0 Å². The summed E-state index contributed by atoms with van der Waals surface area (Å²) < 4.78 is 13.2. The number of thioether (sulfide) groups is 1. The predicted molar refractivity (Wildman–Crippen MR) is 136 cm³/mol. The lowest BCUT2D eigenvalue weighted by Crippen LogP contribution is -2.46. The summed E-state index contributed by atoms with van der Waals surface area (Å²) in [5.41, 5.74) is 1.62. The molecule has 0 radical (unpaired) electrons. The van der Waals surface area contributed by atoms with Crippen LogP contribution in [-0.2, 0) is 16.1 Å². The van der Waals surface area contributed by atoms with Crippen LogP contribution in [0.25, 0.3) is 11.7 Å². The van der Waals surface area contributed by atoms with Crippen molar-refractivity contribution in [1.82, 2.24) is 14.3 Å². The number of anilines is 1. The highest BCUT2D eigenvalue weighted by atomic mass is 32.2. The fourth-order valence-corrected chi connectivity index (χ4v) is 5.58. The molecule has 10 heteroatoms. The van der Waals surface area contributed by atoms with Crippen LogP contribution >= 0.6 is 24.0 Å². The minimum Gasteiger partial charge on any atom is -0.467 e. The Morgan fingerprint density at radius 2 is 1.97 bits per heavy atom. The molecular weight excluding hydrogens is 472 g/mol. The number of aryl methyl sites for hydroxylation is 1. The number of morpholine rings is 1. The summed E-state index contributed by atoms with van der Waals surface area (Å²) in [5.74, 6) is 0.935. The average molecular weight is 497 g/mol. The van der Waals surface area contributed by atoms with Crippen molar-refractivity contribution < 1.29 is 13.9 Å². The molecular formula is C24H24N4O4S2. The van der Waals surface area contributed by atoms with Crippen LogP contribution < -0.4 is 10.5 Å². The van der Waals surface area contributed by atoms with Crippen LogP contribution in [0.15, 0.2) is 50.8 Å². The summed E-state index contributed by atoms with van der Waals surface area (Å²) in [6.45, 7) is 7.37. The molecule has 0 aliphatic carbocycles. The van der Waals surface area contributed by atoms with Crippen LogP contribution in [0, 0.1) is 6.92 Å². The van der Waals surface area contributed by atoms with E-state index in [9.17, 15) is 9.59 Å². The molecule has 0 saturated carbocycles. The molecule has 2 saturated heterocycles. The number of carbonyl (C=O) groups is 1. The van der Waals surface area contributed by atoms with Crippen molar-refractivity contribution in [3.63, 3.8) is 0 Å². The van der Waals surface area contributed by atoms with Gasteiger partial charge in [-0.1, -0.05) is 30.0 Å². The van der Waals surface area contributed by atoms with Gasteiger partial charge in [-0.25, -0.2) is 4.98 Å². The Morgan fingerprint density at radius 1 is 1.21 bits per heavy atom. The van der Waals surface area contributed by atoms with Gasteiger partial charge < -0.3 is 14.1 Å². The highest BCUT2D eigenvalue weighted by molar-refractivity contribution is 8.26. The summed E-state index contributed by atoms with van der Waals surface area (Å²) >= 11 is 6.64. The quantitative estimate of drug-likeness (QED) is 0.400. The predicted octanol–water partition coefficient (Wildman–Crippen LogP) is 3.61. The number of amides is 1. The van der Waals surface area contributed by atoms with Crippen molar-refractivity contribution in [3.8, 4) is 0 Å². The van der Waals surface area contributed by atoms with Crippen molar-refractivity contribution in [2.24, 2.45) is 0 Å². The van der Waals surface area contributed by atoms with Gasteiger partial charge in [0.15, 0.2) is 0 Å². The van der Waals surface area contributed by atoms with Crippen LogP contribution in [0.1, 0.15) is 30.7 Å². The van der Waals surface area contributed by atoms with Crippen LogP contribution in [0.5, 0.6) is 0 Å². The number of thiocarbonyl (C=S) groups is 1. The number of pyridine rings is 1. The van der Waals surface area contributed by atoms with Gasteiger partial charge in [0, 0.05) is 19.3 Å². The Morgan fingerprint density at radius 3 is 2.68 bits per heavy atom. The largest absolute Gasteiger partial charge is 0.467 e. The third-order valence-electron chi connectivity index (χ3n) is 5.83. The number of hydrogen-bond acceptors (Lipinski definition) is 8. The molecule has 0 aromatic carbocycles. The van der Waals surface area contributed by atoms with E-state index in [2.05, 4.69) is 4.90 Å². The maximum Gasteiger partial charge on any atom is 0.267 e. The van der Waals surface area contributed by atoms with Crippen LogP contribution in [-0.4, -0.2) is 49.8 Å². The van der Waals surface area contributed by atoms with Crippen molar-refractivity contribution in [3.05, 3.63) is 68.9 Å². The summed E-state index contributed by atoms with van der Waals surface area (Å²) in [4.78, 5) is 35.7. The van der Waals surface area contributed by atoms with Crippen molar-refractivity contribution >= 4 is 51.7 Å². The number of furan rings is 1. The number of rotatable bonds is 4. The van der Waals surface area contributed by atoms with Gasteiger partial charge in [0.1, 0.15) is 21.5 Å². The third kappa shape index (κ3) is 4.17. The van der Waals surface area contributed by atoms with Crippen molar-refractivity contribution in [1.29, 1.82) is 0 Å². The highest BCUT2D eigenvalue weighted by Crippen LogP contribution is 2.35. The SMILES string of the molecule is Cc1cccn2c(=O)c(/C=C3/SC(=S)N(Cc4ccco4)C3=O)c(N3C[C@@H](C)O[C@H](C)C3)nc12. The van der Waals surface area contributed by atoms with Crippen LogP contribution in [0.3, 0.4) is 0 Å². The number of nitrogens with zero attached hydrogens (tertiary/aromatic N) is 4. The lowest BCUT2D eigenvalue weighted by molar-refractivity contribution is -0.122. The van der Waals surface area contributed by atoms with Gasteiger partial charge in [0.05, 0.1) is 35.5 Å². The Balaban J connectivity index is 1.61. The molecule has 2 fully saturated rings. The Kier molecular flexibility index (Phi) is 6.05. The molecule has 2 aliphatic rings. The third-order valence-corrected chi connectivity index (χ3v) is 7.20. The monoisotopic (exact) mass is 496 g/mol. The van der Waals surface area contributed by atoms with Crippen molar-refractivity contribution in [2.45, 2.75) is 39.5 Å². The minimum atomic E-state index is -0.255. The van der Waals surface area contributed by atoms with Crippen molar-refractivity contribution in [2.75, 3.05) is 18.0 Å². The number of carbonyl (C=O) groups excluding carboxylic acids is 1. The smallest absolute Gasteiger partial charge is 0.267 e. The zero-order valence-electron chi connectivity index (χ0n) is 19.1. The van der Waals surface area contributed by atoms with E-state index in [1.807, 2.05) is 32.9 Å². The lowest BCUT2D eigenvalue weighted by atomic mass is 10.1. The molecule has 8 nitrogen and oxygen atoms in total. The van der Waals surface area contributed by atoms with Gasteiger partial charge in [-0.05, 0) is 50.6 Å². The normalized spacial score (nSPS) is 22.4. The summed E-state index contributed by atoms with van der Waals surface area (Å²) in [5, 5.41) is 0. The highest BCUT2D eigenvalue weighted by Gasteiger charge is 2.34. The molecule has 1 amide bonds. The number of aromatic nitrogens is 2. The summed E-state index contributed by atoms with van der Waals surface area (Å²) in [6.07, 6.45) is 4.86. The van der Waals surface area contributed by atoms with Gasteiger partial charge in [0.2, 0.25) is 0 Å². The van der Waals surface area contributed by atoms with Crippen LogP contribution in [0.2, 0.25) is 0 Å². The Hall–Kier alpha value is -2.95. The lowest BCUT2D eigenvalue weighted by Gasteiger charge is -2.36. The van der Waals surface area contributed by atoms with Gasteiger partial charge in [0.25, 0.3) is 11.5 Å². The first-order valence-corrected chi connectivity index (χ1v) is 12.2. The Bertz CT molecular complexity index is 1360. The molecule has 176 valence electrons. The standard InChI is InChI=1S/C24H24N4O4S2/c1-14-6-4-8-27-20(14)25-21(26-11-15(2)32-16(3)12-26)18(22(27)29)10-19-23(30)28(24(33)34-19)13-17-7-5-9-31-17/h4-10,15-16H,11-13H2,1-3H3/b19-10+/t15-,16-/m1/s1. The second-order valence-corrected chi connectivity index (χ2v) is 10.2. The molecule has 0 N–H and O–H groups in total. The van der Waals surface area contributed by atoms with E-state index in [4.69, 9.17) is 26.4 Å². The van der Waals surface area contributed by atoms with E-state index in [0.29, 0.717) is 45.1 Å². The first-order valence-electron chi connectivity index (χ1n) is 11.0. The number of hydrogen-bond donors (Lipinski definition) is 0. The molecule has 3 aromatic rings. The second-order valence-electron chi connectivity index (χ2n) is 8.55. The van der Waals surface area contributed by atoms with Gasteiger partial charge in [-0.2, -0.15) is 0 Å². The molecule has 2 aliphatic heterocycles. The summed E-state index contributed by atoms with van der Waals surface area (Å²) in [6, 6.07) is 7.30. The minimum absolute atomic E-state index is 0.0137. The number of fused-ring (bicyclic) bond motifs is 1. The fourth-order valence-electron chi connectivity index (χ4n) is 4.34.